The molecule has 0 saturated heterocycles. The van der Waals surface area contributed by atoms with E-state index in [0.717, 1.165) is 29.1 Å². The van der Waals surface area contributed by atoms with Crippen LogP contribution >= 0.6 is 11.8 Å². The Morgan fingerprint density at radius 2 is 1.78 bits per heavy atom. The maximum absolute atomic E-state index is 11.3. The molecule has 1 saturated carbocycles. The molecule has 0 aromatic heterocycles. The number of nitrogens with two attached hydrogens (primary N) is 1. The first-order chi connectivity index (χ1) is 15.5. The number of nitrogens with one attached hydrogen (secondary N) is 2. The van der Waals surface area contributed by atoms with Crippen LogP contribution in [0.25, 0.3) is 0 Å². The predicted octanol–water partition coefficient (Wildman–Crippen LogP) is 4.78. The second kappa shape index (κ2) is 13.7. The summed E-state index contributed by atoms with van der Waals surface area (Å²) < 4.78 is 0. The van der Waals surface area contributed by atoms with Crippen LogP contribution in [0.3, 0.4) is 0 Å². The van der Waals surface area contributed by atoms with Gasteiger partial charge in [-0.1, -0.05) is 49.9 Å². The van der Waals surface area contributed by atoms with Crippen LogP contribution in [-0.2, 0) is 0 Å². The minimum absolute atomic E-state index is 0.337. The quantitative estimate of drug-likeness (QED) is 0.471. The third kappa shape index (κ3) is 7.80. The first-order valence-electron chi connectivity index (χ1n) is 11.0. The van der Waals surface area contributed by atoms with Crippen molar-refractivity contribution in [1.82, 2.24) is 5.32 Å². The Hall–Kier alpha value is -2.64. The van der Waals surface area contributed by atoms with Gasteiger partial charge in [0, 0.05) is 39.2 Å². The van der Waals surface area contributed by atoms with E-state index in [1.807, 2.05) is 7.05 Å². The number of carbonyl (C=O) groups is 3. The normalized spacial score (nSPS) is 13.6. The van der Waals surface area contributed by atoms with E-state index in [4.69, 9.17) is 5.73 Å². The Bertz CT molecular complexity index is 911. The van der Waals surface area contributed by atoms with Gasteiger partial charge in [-0.2, -0.15) is 0 Å². The summed E-state index contributed by atoms with van der Waals surface area (Å²) in [7, 11) is 3.79. The van der Waals surface area contributed by atoms with Gasteiger partial charge in [-0.15, -0.1) is 0 Å². The van der Waals surface area contributed by atoms with E-state index >= 15 is 0 Å². The van der Waals surface area contributed by atoms with Crippen LogP contribution in [0.15, 0.2) is 46.2 Å². The minimum Gasteiger partial charge on any atom is -0.387 e. The van der Waals surface area contributed by atoms with Gasteiger partial charge in [0.2, 0.25) is 5.91 Å². The van der Waals surface area contributed by atoms with Crippen LogP contribution in [0, 0.1) is 5.92 Å². The fourth-order valence-electron chi connectivity index (χ4n) is 3.72. The lowest BCUT2D eigenvalue weighted by Crippen LogP contribution is -2.15. The summed E-state index contributed by atoms with van der Waals surface area (Å²) in [5, 5.41) is 6.22. The predicted molar refractivity (Wildman–Crippen MR) is 131 cm³/mol. The lowest BCUT2D eigenvalue weighted by Gasteiger charge is -2.20. The largest absolute Gasteiger partial charge is 0.387 e. The lowest BCUT2D eigenvalue weighted by atomic mass is 9.87. The van der Waals surface area contributed by atoms with Gasteiger partial charge in [0.15, 0.2) is 6.29 Å². The van der Waals surface area contributed by atoms with Gasteiger partial charge in [-0.25, -0.2) is 0 Å². The summed E-state index contributed by atoms with van der Waals surface area (Å²) in [6.45, 7) is 1.21. The van der Waals surface area contributed by atoms with Crippen LogP contribution in [-0.4, -0.2) is 39.1 Å². The molecule has 0 unspecified atom stereocenters. The standard InChI is InChI=1S/C16H14N2O3S.C9H19N/c1-18-13-6-10(8-19)2-5-14(13)22-15-7-11(16(17)21)3-4-12(15)9-20;1-10-8-7-9-5-3-2-4-6-9/h2-9,18H,1H3,(H2,17,21);9-10H,2-8H2,1H3. The summed E-state index contributed by atoms with van der Waals surface area (Å²) >= 11 is 1.32. The topological polar surface area (TPSA) is 101 Å². The number of carbonyl (C=O) groups excluding carboxylic acids is 3. The Morgan fingerprint density at radius 1 is 1.03 bits per heavy atom. The summed E-state index contributed by atoms with van der Waals surface area (Å²) in [6.07, 6.45) is 10.3. The van der Waals surface area contributed by atoms with Crippen LogP contribution in [0.4, 0.5) is 5.69 Å². The highest BCUT2D eigenvalue weighted by molar-refractivity contribution is 7.99. The number of hydrogen-bond donors (Lipinski definition) is 3. The van der Waals surface area contributed by atoms with Gasteiger partial charge in [0.25, 0.3) is 0 Å². The zero-order valence-corrected chi connectivity index (χ0v) is 19.7. The first kappa shape index (κ1) is 25.6. The van der Waals surface area contributed by atoms with Gasteiger partial charge >= 0.3 is 0 Å². The monoisotopic (exact) mass is 455 g/mol. The number of rotatable bonds is 9. The second-order valence-electron chi connectivity index (χ2n) is 7.86. The van der Waals surface area contributed by atoms with E-state index in [2.05, 4.69) is 10.6 Å². The van der Waals surface area contributed by atoms with Gasteiger partial charge in [-0.05, 0) is 56.3 Å². The van der Waals surface area contributed by atoms with Crippen molar-refractivity contribution in [3.63, 3.8) is 0 Å². The van der Waals surface area contributed by atoms with Crippen LogP contribution in [0.2, 0.25) is 0 Å². The van der Waals surface area contributed by atoms with Crippen molar-refractivity contribution in [2.45, 2.75) is 48.3 Å². The van der Waals surface area contributed by atoms with Crippen molar-refractivity contribution in [3.05, 3.63) is 53.1 Å². The molecule has 3 rings (SSSR count). The molecule has 32 heavy (non-hydrogen) atoms. The molecule has 0 radical (unpaired) electrons. The zero-order chi connectivity index (χ0) is 23.3. The molecule has 4 N–H and O–H groups in total. The Labute approximate surface area is 194 Å². The molecule has 1 fully saturated rings. The molecular weight excluding hydrogens is 422 g/mol. The van der Waals surface area contributed by atoms with Gasteiger partial charge in [0.1, 0.15) is 6.29 Å². The molecule has 0 heterocycles. The summed E-state index contributed by atoms with van der Waals surface area (Å²) in [5.74, 6) is 0.491. The van der Waals surface area contributed by atoms with Crippen LogP contribution in [0.1, 0.15) is 69.6 Å². The van der Waals surface area contributed by atoms with E-state index in [-0.39, 0.29) is 0 Å². The van der Waals surface area contributed by atoms with Gasteiger partial charge in [0.05, 0.1) is 0 Å². The second-order valence-corrected chi connectivity index (χ2v) is 8.94. The third-order valence-electron chi connectivity index (χ3n) is 5.58. The van der Waals surface area contributed by atoms with Crippen molar-refractivity contribution >= 4 is 35.9 Å². The molecule has 1 aliphatic carbocycles. The fraction of sp³-hybridized carbons (Fsp3) is 0.400. The number of aldehydes is 2. The van der Waals surface area contributed by atoms with E-state index < -0.39 is 5.91 Å². The first-order valence-corrected chi connectivity index (χ1v) is 11.8. The average Bonchev–Trinajstić information content (AvgIpc) is 2.84. The number of hydrogen-bond acceptors (Lipinski definition) is 6. The maximum atomic E-state index is 11.3. The van der Waals surface area contributed by atoms with Crippen LogP contribution < -0.4 is 16.4 Å². The fourth-order valence-corrected chi connectivity index (χ4v) is 4.79. The highest BCUT2D eigenvalue weighted by atomic mass is 32.2. The molecule has 172 valence electrons. The highest BCUT2D eigenvalue weighted by Gasteiger charge is 2.12. The molecule has 0 bridgehead atoms. The van der Waals surface area contributed by atoms with Gasteiger partial charge < -0.3 is 16.4 Å². The number of anilines is 1. The SMILES string of the molecule is CNCCC1CCCCC1.CNc1cc(C=O)ccc1Sc1cc(C(N)=O)ccc1C=O. The maximum Gasteiger partial charge on any atom is 0.248 e. The lowest BCUT2D eigenvalue weighted by molar-refractivity contribution is 0.0998. The summed E-state index contributed by atoms with van der Waals surface area (Å²) in [5.41, 5.74) is 7.39. The smallest absolute Gasteiger partial charge is 0.248 e. The Balaban J connectivity index is 0.000000303. The van der Waals surface area contributed by atoms with E-state index in [1.165, 1.54) is 62.9 Å². The zero-order valence-electron chi connectivity index (χ0n) is 18.9. The third-order valence-corrected chi connectivity index (χ3v) is 6.73. The summed E-state index contributed by atoms with van der Waals surface area (Å²) in [4.78, 5) is 34.7. The van der Waals surface area contributed by atoms with Crippen LogP contribution in [0.5, 0.6) is 0 Å². The van der Waals surface area contributed by atoms with Crippen molar-refractivity contribution in [2.24, 2.45) is 11.7 Å². The minimum atomic E-state index is -0.551. The molecule has 0 aliphatic heterocycles. The average molecular weight is 456 g/mol. The van der Waals surface area contributed by atoms with Crippen molar-refractivity contribution in [3.8, 4) is 0 Å². The van der Waals surface area contributed by atoms with E-state index in [9.17, 15) is 14.4 Å². The molecule has 2 aromatic rings. The molecular formula is C25H33N3O3S. The molecule has 6 nitrogen and oxygen atoms in total. The molecule has 0 spiro atoms. The molecule has 1 amide bonds. The molecule has 7 heteroatoms. The number of amides is 1. The highest BCUT2D eigenvalue weighted by Crippen LogP contribution is 2.35. The summed E-state index contributed by atoms with van der Waals surface area (Å²) in [6, 6.07) is 9.86. The van der Waals surface area contributed by atoms with Crippen molar-refractivity contribution in [2.75, 3.05) is 26.0 Å². The van der Waals surface area contributed by atoms with Gasteiger partial charge in [-0.3, -0.25) is 14.4 Å². The van der Waals surface area contributed by atoms with Crippen molar-refractivity contribution < 1.29 is 14.4 Å². The molecule has 2 aromatic carbocycles. The van der Waals surface area contributed by atoms with E-state index in [0.29, 0.717) is 21.6 Å². The van der Waals surface area contributed by atoms with E-state index in [1.54, 1.807) is 37.4 Å². The Kier molecular flexibility index (Phi) is 11.0. The molecule has 1 aliphatic rings. The van der Waals surface area contributed by atoms with Crippen molar-refractivity contribution in [1.29, 1.82) is 0 Å². The number of benzene rings is 2. The Morgan fingerprint density at radius 3 is 2.38 bits per heavy atom. The number of primary amides is 1. The molecule has 0 atom stereocenters.